The minimum absolute atomic E-state index is 0.00832. The van der Waals surface area contributed by atoms with Gasteiger partial charge in [0.05, 0.1) is 0 Å². The lowest BCUT2D eigenvalue weighted by Crippen LogP contribution is -2.38. The first kappa shape index (κ1) is 30.3. The van der Waals surface area contributed by atoms with Crippen molar-refractivity contribution < 1.29 is 37.5 Å². The Labute approximate surface area is 234 Å². The highest BCUT2D eigenvalue weighted by Gasteiger charge is 2.26. The molecule has 0 saturated carbocycles. The molecular weight excluding hydrogens is 563 g/mol. The lowest BCUT2D eigenvalue weighted by molar-refractivity contribution is -0.697. The molecule has 0 bridgehead atoms. The van der Waals surface area contributed by atoms with Gasteiger partial charge in [0.25, 0.3) is 0 Å². The fraction of sp³-hybridized carbons (Fsp3) is 0.231. The van der Waals surface area contributed by atoms with Crippen molar-refractivity contribution in [3.05, 3.63) is 93.5 Å². The molecule has 0 aliphatic heterocycles. The fourth-order valence-electron chi connectivity index (χ4n) is 3.60. The van der Waals surface area contributed by atoms with Gasteiger partial charge in [-0.3, -0.25) is 0 Å². The van der Waals surface area contributed by atoms with Gasteiger partial charge < -0.3 is 28.4 Å². The van der Waals surface area contributed by atoms with Crippen LogP contribution in [0.1, 0.15) is 35.1 Å². The summed E-state index contributed by atoms with van der Waals surface area (Å²) in [4.78, 5) is 45.0. The Kier molecular flexibility index (Phi) is 11.8. The Balaban J connectivity index is 1.57. The van der Waals surface area contributed by atoms with Gasteiger partial charge in [0.1, 0.15) is 6.54 Å². The van der Waals surface area contributed by atoms with Crippen LogP contribution in [0, 0.1) is 0 Å². The van der Waals surface area contributed by atoms with Crippen LogP contribution in [0.15, 0.2) is 61.2 Å². The van der Waals surface area contributed by atoms with E-state index < -0.39 is 18.3 Å². The van der Waals surface area contributed by atoms with Crippen molar-refractivity contribution >= 4 is 65.8 Å². The van der Waals surface area contributed by atoms with Gasteiger partial charge in [0.2, 0.25) is 0 Å². The zero-order valence-corrected chi connectivity index (χ0v) is 24.4. The van der Waals surface area contributed by atoms with Crippen molar-refractivity contribution in [3.8, 4) is 0 Å². The number of benzene rings is 1. The van der Waals surface area contributed by atoms with Crippen LogP contribution in [0.2, 0.25) is 16.1 Å². The van der Waals surface area contributed by atoms with Gasteiger partial charge in [-0.15, -0.1) is 0 Å². The smallest absolute Gasteiger partial charge is 0.392 e. The molecule has 0 saturated heterocycles. The van der Waals surface area contributed by atoms with Crippen molar-refractivity contribution in [2.75, 3.05) is 6.61 Å². The second kappa shape index (κ2) is 14.8. The zero-order valence-electron chi connectivity index (χ0n) is 20.7. The second-order valence-corrected chi connectivity index (χ2v) is 12.6. The number of halogens is 2. The SMILES string of the molecule is O[SiH](O)OCCC[n+]1ccc(/C=C/c2cc(Cl)c(/C=C/c3cc[n+](CCC[Si](O)(O)O)cc3)cc2Cl)cc1. The molecule has 5 N–H and O–H groups in total. The molecule has 1 aromatic carbocycles. The Hall–Kier alpha value is -2.23. The summed E-state index contributed by atoms with van der Waals surface area (Å²) in [6.45, 7) is 1.61. The molecule has 0 unspecified atom stereocenters. The van der Waals surface area contributed by atoms with Gasteiger partial charge in [-0.25, -0.2) is 9.13 Å². The van der Waals surface area contributed by atoms with Crippen LogP contribution >= 0.6 is 23.2 Å². The van der Waals surface area contributed by atoms with Crippen LogP contribution in [0.3, 0.4) is 0 Å². The molecule has 0 aliphatic rings. The average molecular weight is 596 g/mol. The van der Waals surface area contributed by atoms with E-state index >= 15 is 0 Å². The number of pyridine rings is 2. The van der Waals surface area contributed by atoms with E-state index in [-0.39, 0.29) is 6.04 Å². The summed E-state index contributed by atoms with van der Waals surface area (Å²) in [6.07, 6.45) is 16.5. The van der Waals surface area contributed by atoms with E-state index in [2.05, 4.69) is 0 Å². The van der Waals surface area contributed by atoms with Gasteiger partial charge in [-0.1, -0.05) is 47.5 Å². The van der Waals surface area contributed by atoms with E-state index in [0.29, 0.717) is 42.6 Å². The molecule has 202 valence electrons. The highest BCUT2D eigenvalue weighted by molar-refractivity contribution is 6.56. The predicted molar refractivity (Wildman–Crippen MR) is 152 cm³/mol. The second-order valence-electron chi connectivity index (χ2n) is 8.73. The summed E-state index contributed by atoms with van der Waals surface area (Å²) in [5, 5.41) is 1.15. The van der Waals surface area contributed by atoms with E-state index in [9.17, 15) is 0 Å². The van der Waals surface area contributed by atoms with Crippen molar-refractivity contribution in [1.82, 2.24) is 0 Å². The highest BCUT2D eigenvalue weighted by Crippen LogP contribution is 2.28. The molecule has 2 heterocycles. The Morgan fingerprint density at radius 2 is 1.18 bits per heavy atom. The molecule has 0 fully saturated rings. The summed E-state index contributed by atoms with van der Waals surface area (Å²) in [5.41, 5.74) is 3.56. The minimum atomic E-state index is -3.99. The van der Waals surface area contributed by atoms with Crippen LogP contribution in [0.4, 0.5) is 0 Å². The standard InChI is InChI=1S/C26H32Cl2N2O6Si2/c27-25-20-24(6-4-22-9-15-30(16-10-22)12-2-18-38(33,34)35)26(28)19-23(25)5-3-21-7-13-29(14-8-21)11-1-17-36-37(31)32/h3-10,13-16,19-20,31-35,37H,1-2,11-12,17-18H2/q+2/b5-3+,6-4+. The van der Waals surface area contributed by atoms with Crippen molar-refractivity contribution in [2.45, 2.75) is 32.0 Å². The molecule has 0 aliphatic carbocycles. The number of aromatic nitrogens is 2. The third kappa shape index (κ3) is 10.9. The van der Waals surface area contributed by atoms with Gasteiger partial charge in [0.15, 0.2) is 31.3 Å². The molecule has 0 radical (unpaired) electrons. The van der Waals surface area contributed by atoms with Crippen molar-refractivity contribution in [1.29, 1.82) is 0 Å². The van der Waals surface area contributed by atoms with Crippen LogP contribution in [0.5, 0.6) is 0 Å². The highest BCUT2D eigenvalue weighted by atomic mass is 35.5. The third-order valence-electron chi connectivity index (χ3n) is 5.62. The predicted octanol–water partition coefficient (Wildman–Crippen LogP) is 2.32. The first-order valence-corrected chi connectivity index (χ1v) is 16.4. The van der Waals surface area contributed by atoms with Gasteiger partial charge in [0, 0.05) is 59.8 Å². The number of hydrogen-bond donors (Lipinski definition) is 5. The van der Waals surface area contributed by atoms with E-state index in [1.165, 1.54) is 0 Å². The maximum atomic E-state index is 9.10. The fourth-order valence-corrected chi connectivity index (χ4v) is 5.08. The largest absolute Gasteiger partial charge is 0.492 e. The molecule has 3 aromatic rings. The molecule has 0 spiro atoms. The number of aryl methyl sites for hydroxylation is 2. The molecule has 2 aromatic heterocycles. The van der Waals surface area contributed by atoms with E-state index in [1.54, 1.807) is 0 Å². The summed E-state index contributed by atoms with van der Waals surface area (Å²) < 4.78 is 8.76. The number of nitrogens with zero attached hydrogens (tertiary/aromatic N) is 2. The first-order chi connectivity index (χ1) is 18.1. The lowest BCUT2D eigenvalue weighted by Gasteiger charge is -2.06. The number of hydrogen-bond acceptors (Lipinski definition) is 6. The minimum Gasteiger partial charge on any atom is -0.392 e. The van der Waals surface area contributed by atoms with Gasteiger partial charge >= 0.3 is 18.3 Å². The summed E-state index contributed by atoms with van der Waals surface area (Å²) in [6, 6.07) is 11.5. The molecule has 0 amide bonds. The topological polar surface area (TPSA) is 118 Å². The van der Waals surface area contributed by atoms with Crippen LogP contribution < -0.4 is 9.13 Å². The third-order valence-corrected chi connectivity index (χ3v) is 7.83. The first-order valence-electron chi connectivity index (χ1n) is 12.1. The number of rotatable bonds is 13. The van der Waals surface area contributed by atoms with Gasteiger partial charge in [-0.2, -0.15) is 0 Å². The lowest BCUT2D eigenvalue weighted by atomic mass is 10.1. The Morgan fingerprint density at radius 1 is 0.737 bits per heavy atom. The maximum absolute atomic E-state index is 9.10. The molecule has 0 atom stereocenters. The average Bonchev–Trinajstić information content (AvgIpc) is 2.86. The van der Waals surface area contributed by atoms with Crippen LogP contribution in [0.25, 0.3) is 24.3 Å². The summed E-state index contributed by atoms with van der Waals surface area (Å²) in [5.74, 6) is 0. The molecule has 38 heavy (non-hydrogen) atoms. The molecule has 12 heteroatoms. The Bertz CT molecular complexity index is 1230. The van der Waals surface area contributed by atoms with Crippen LogP contribution in [-0.4, -0.2) is 48.9 Å². The quantitative estimate of drug-likeness (QED) is 0.118. The van der Waals surface area contributed by atoms with Crippen LogP contribution in [-0.2, 0) is 17.5 Å². The monoisotopic (exact) mass is 594 g/mol. The molecule has 3 rings (SSSR count). The van der Waals surface area contributed by atoms with Crippen molar-refractivity contribution in [3.63, 3.8) is 0 Å². The summed E-state index contributed by atoms with van der Waals surface area (Å²) >= 11 is 13.0. The van der Waals surface area contributed by atoms with Crippen molar-refractivity contribution in [2.24, 2.45) is 0 Å². The Morgan fingerprint density at radius 3 is 1.61 bits per heavy atom. The molecule has 8 nitrogen and oxygen atoms in total. The maximum Gasteiger partial charge on any atom is 0.492 e. The van der Waals surface area contributed by atoms with E-state index in [0.717, 1.165) is 22.3 Å². The van der Waals surface area contributed by atoms with Gasteiger partial charge in [-0.05, 0) is 34.4 Å². The molecular formula is C26H32Cl2N2O6Si2+2. The van der Waals surface area contributed by atoms with E-state index in [1.807, 2.05) is 94.6 Å². The van der Waals surface area contributed by atoms with E-state index in [4.69, 9.17) is 51.6 Å². The summed E-state index contributed by atoms with van der Waals surface area (Å²) in [7, 11) is -6.93. The zero-order chi connectivity index (χ0) is 27.5. The normalized spacial score (nSPS) is 12.3.